The van der Waals surface area contributed by atoms with Gasteiger partial charge in [-0.2, -0.15) is 10.2 Å². The molecule has 3 N–H and O–H groups in total. The van der Waals surface area contributed by atoms with Crippen LogP contribution >= 0.6 is 0 Å². The van der Waals surface area contributed by atoms with Crippen LogP contribution in [0.3, 0.4) is 0 Å². The molecule has 1 aliphatic carbocycles. The molecule has 6 aliphatic rings. The number of β-amino-alcohol motifs (C(OH)–C–C–N with tert-alkyl or cyclic N) is 1. The van der Waals surface area contributed by atoms with E-state index in [2.05, 4.69) is 45.4 Å². The lowest BCUT2D eigenvalue weighted by Gasteiger charge is -2.51. The van der Waals surface area contributed by atoms with Crippen LogP contribution in [-0.2, 0) is 9.53 Å². The molecule has 0 unspecified atom stereocenters. The van der Waals surface area contributed by atoms with Gasteiger partial charge in [0.1, 0.15) is 17.0 Å². The molecule has 0 spiro atoms. The number of rotatable bonds is 11. The zero-order valence-electron chi connectivity index (χ0n) is 35.4. The molecule has 11 rings (SSSR count). The minimum absolute atomic E-state index is 0.00591. The van der Waals surface area contributed by atoms with Crippen LogP contribution in [0.1, 0.15) is 67.0 Å². The quantitative estimate of drug-likeness (QED) is 0.175. The Morgan fingerprint density at radius 1 is 0.969 bits per heavy atom. The lowest BCUT2D eigenvalue weighted by molar-refractivity contribution is -0.120. The molecular weight excluding hydrogens is 829 g/mol. The average Bonchev–Trinajstić information content (AvgIpc) is 4.11. The van der Waals surface area contributed by atoms with Gasteiger partial charge in [0.25, 0.3) is 12.3 Å². The van der Waals surface area contributed by atoms with E-state index in [-0.39, 0.29) is 41.8 Å². The summed E-state index contributed by atoms with van der Waals surface area (Å²) in [4.78, 5) is 57.8. The molecule has 1 saturated carbocycles. The Labute approximate surface area is 367 Å². The minimum Gasteiger partial charge on any atom is -0.385 e. The number of morpholine rings is 1. The van der Waals surface area contributed by atoms with Gasteiger partial charge < -0.3 is 29.9 Å². The summed E-state index contributed by atoms with van der Waals surface area (Å²) < 4.78 is 37.5. The number of pyridine rings is 1. The number of aliphatic hydroxyl groups is 1. The Kier molecular flexibility index (Phi) is 10.4. The Hall–Kier alpha value is -5.83. The van der Waals surface area contributed by atoms with Gasteiger partial charge >= 0.3 is 6.03 Å². The second-order valence-corrected chi connectivity index (χ2v) is 18.4. The van der Waals surface area contributed by atoms with Crippen molar-refractivity contribution in [3.05, 3.63) is 66.5 Å². The van der Waals surface area contributed by atoms with Crippen LogP contribution < -0.4 is 25.3 Å². The number of carbonyl (C=O) groups is 3. The predicted octanol–water partition coefficient (Wildman–Crippen LogP) is 3.69. The number of imide groups is 1. The maximum absolute atomic E-state index is 14.3. The lowest BCUT2D eigenvalue weighted by atomic mass is 9.85. The monoisotopic (exact) mass is 879 g/mol. The number of aromatic nitrogens is 6. The molecule has 6 fully saturated rings. The first-order valence-corrected chi connectivity index (χ1v) is 22.4. The van der Waals surface area contributed by atoms with E-state index in [1.807, 2.05) is 24.3 Å². The Bertz CT molecular complexity index is 2600. The van der Waals surface area contributed by atoms with Gasteiger partial charge in [-0.15, -0.1) is 0 Å². The molecule has 0 radical (unpaired) electrons. The first-order valence-electron chi connectivity index (χ1n) is 22.4. The van der Waals surface area contributed by atoms with Crippen LogP contribution in [0.4, 0.5) is 36.5 Å². The molecule has 4 aromatic heterocycles. The van der Waals surface area contributed by atoms with Crippen molar-refractivity contribution < 1.29 is 33.0 Å². The first-order chi connectivity index (χ1) is 31.0. The Morgan fingerprint density at radius 3 is 2.53 bits per heavy atom. The number of nitrogens with one attached hydrogen (secondary N) is 2. The number of piperazine rings is 1. The molecule has 2 bridgehead atoms. The van der Waals surface area contributed by atoms with Gasteiger partial charge in [-0.3, -0.25) is 34.4 Å². The summed E-state index contributed by atoms with van der Waals surface area (Å²) in [6.45, 7) is 7.72. The van der Waals surface area contributed by atoms with Crippen molar-refractivity contribution in [3.8, 4) is 0 Å². The van der Waals surface area contributed by atoms with E-state index in [0.717, 1.165) is 93.7 Å². The van der Waals surface area contributed by atoms with E-state index >= 15 is 0 Å². The normalized spacial score (nSPS) is 25.2. The fourth-order valence-electron chi connectivity index (χ4n) is 10.8. The highest BCUT2D eigenvalue weighted by Crippen LogP contribution is 2.39. The molecular formula is C44H51F2N13O5. The topological polar surface area (TPSA) is 182 Å². The number of benzene rings is 1. The number of nitrogens with zero attached hydrogens (tertiary/aromatic N) is 11. The zero-order valence-corrected chi connectivity index (χ0v) is 35.4. The average molecular weight is 880 g/mol. The SMILES string of the molecule is O=C1CCN(c2cncc3c(N4CC(O)(CN5CCN(CC6CCC(n7cc(NC(=O)c8cnn9ccc(N%10C[C@H]%11C[C@@H]%10CO%11)nc89)c(C(F)F)n7)CC6)CC5)C4)cccc23)C(=O)N1. The summed E-state index contributed by atoms with van der Waals surface area (Å²) in [5, 5.41) is 27.0. The second-order valence-electron chi connectivity index (χ2n) is 18.4. The second kappa shape index (κ2) is 16.3. The fraction of sp³-hybridized carbons (Fsp3) is 0.523. The summed E-state index contributed by atoms with van der Waals surface area (Å²) in [7, 11) is 0. The van der Waals surface area contributed by atoms with Crippen molar-refractivity contribution in [2.24, 2.45) is 5.92 Å². The Balaban J connectivity index is 0.656. The smallest absolute Gasteiger partial charge is 0.328 e. The molecule has 336 valence electrons. The van der Waals surface area contributed by atoms with Crippen molar-refractivity contribution in [3.63, 3.8) is 0 Å². The third kappa shape index (κ3) is 7.68. The standard InChI is InChI=1S/C44H51F2N13O5/c45-40(46)39-34(49-42(61)33-18-48-58-11-8-37(50-41(33)58)57-21-30-16-29(57)23-64-30)22-59(52-39)28-6-4-27(5-7-28)20-53-12-14-54(15-13-53)24-44(63)25-55(26-44)35-3-1-2-31-32(35)17-47-19-36(31)56-10-9-38(60)51-43(56)62/h1-3,8,11,17-19,22,27-30,40,63H,4-7,9-10,12-16,20-21,23-26H2,(H,49,61)(H,51,60,62)/t27?,28?,29-,30-/m1/s1. The van der Waals surface area contributed by atoms with Gasteiger partial charge in [-0.25, -0.2) is 23.1 Å². The maximum atomic E-state index is 14.3. The number of carbonyl (C=O) groups excluding carboxylic acids is 3. The number of amides is 4. The lowest BCUT2D eigenvalue weighted by Crippen LogP contribution is -2.67. The van der Waals surface area contributed by atoms with Crippen LogP contribution in [0, 0.1) is 5.92 Å². The summed E-state index contributed by atoms with van der Waals surface area (Å²) in [5.41, 5.74) is 0.846. The van der Waals surface area contributed by atoms with Gasteiger partial charge in [0.15, 0.2) is 11.3 Å². The van der Waals surface area contributed by atoms with Gasteiger partial charge in [-0.1, -0.05) is 12.1 Å². The molecule has 9 heterocycles. The van der Waals surface area contributed by atoms with Crippen LogP contribution in [-0.4, -0.2) is 152 Å². The molecule has 5 saturated heterocycles. The number of hydrogen-bond donors (Lipinski definition) is 3. The summed E-state index contributed by atoms with van der Waals surface area (Å²) in [6, 6.07) is 7.52. The van der Waals surface area contributed by atoms with Crippen molar-refractivity contribution in [1.29, 1.82) is 0 Å². The third-order valence-electron chi connectivity index (χ3n) is 14.1. The highest BCUT2D eigenvalue weighted by atomic mass is 19.3. The van der Waals surface area contributed by atoms with Crippen molar-refractivity contribution >= 4 is 57.1 Å². The zero-order chi connectivity index (χ0) is 43.7. The third-order valence-corrected chi connectivity index (χ3v) is 14.1. The van der Waals surface area contributed by atoms with Crippen LogP contribution in [0.25, 0.3) is 16.4 Å². The van der Waals surface area contributed by atoms with Crippen LogP contribution in [0.5, 0.6) is 0 Å². The van der Waals surface area contributed by atoms with E-state index in [4.69, 9.17) is 9.72 Å². The van der Waals surface area contributed by atoms with Crippen molar-refractivity contribution in [2.45, 2.75) is 68.7 Å². The molecule has 5 aromatic rings. The van der Waals surface area contributed by atoms with Gasteiger partial charge in [0, 0.05) is 107 Å². The molecule has 1 aromatic carbocycles. The number of alkyl halides is 2. The number of anilines is 4. The van der Waals surface area contributed by atoms with Crippen LogP contribution in [0.15, 0.2) is 55.2 Å². The maximum Gasteiger partial charge on any atom is 0.328 e. The van der Waals surface area contributed by atoms with E-state index in [1.165, 1.54) is 10.7 Å². The van der Waals surface area contributed by atoms with Crippen molar-refractivity contribution in [1.82, 2.24) is 44.5 Å². The van der Waals surface area contributed by atoms with Gasteiger partial charge in [0.2, 0.25) is 5.91 Å². The number of fused-ring (bicyclic) bond motifs is 4. The predicted molar refractivity (Wildman–Crippen MR) is 232 cm³/mol. The fourth-order valence-corrected chi connectivity index (χ4v) is 10.8. The van der Waals surface area contributed by atoms with E-state index in [1.54, 1.807) is 34.4 Å². The minimum atomic E-state index is -2.86. The van der Waals surface area contributed by atoms with Gasteiger partial charge in [-0.05, 0) is 50.2 Å². The van der Waals surface area contributed by atoms with Crippen molar-refractivity contribution in [2.75, 3.05) is 92.1 Å². The molecule has 18 nitrogen and oxygen atoms in total. The molecule has 5 aliphatic heterocycles. The number of hydrogen-bond acceptors (Lipinski definition) is 13. The number of urea groups is 1. The van der Waals surface area contributed by atoms with E-state index in [9.17, 15) is 28.3 Å². The van der Waals surface area contributed by atoms with E-state index in [0.29, 0.717) is 50.0 Å². The summed E-state index contributed by atoms with van der Waals surface area (Å²) >= 11 is 0. The molecule has 20 heteroatoms. The molecule has 4 amide bonds. The largest absolute Gasteiger partial charge is 0.385 e. The van der Waals surface area contributed by atoms with Crippen LogP contribution in [0.2, 0.25) is 0 Å². The number of ether oxygens (including phenoxy) is 1. The Morgan fingerprint density at radius 2 is 1.78 bits per heavy atom. The molecule has 64 heavy (non-hydrogen) atoms. The highest BCUT2D eigenvalue weighted by Gasteiger charge is 2.44. The summed E-state index contributed by atoms with van der Waals surface area (Å²) in [5.74, 6) is 0.360. The molecule has 2 atom stereocenters. The highest BCUT2D eigenvalue weighted by molar-refractivity contribution is 6.11. The number of halogens is 2. The summed E-state index contributed by atoms with van der Waals surface area (Å²) in [6.07, 6.45) is 10.1. The van der Waals surface area contributed by atoms with Gasteiger partial charge in [0.05, 0.1) is 48.6 Å². The van der Waals surface area contributed by atoms with E-state index < -0.39 is 29.7 Å². The first kappa shape index (κ1) is 40.9.